The van der Waals surface area contributed by atoms with Gasteiger partial charge < -0.3 is 25.6 Å². The van der Waals surface area contributed by atoms with Gasteiger partial charge in [-0.1, -0.05) is 41.9 Å². The summed E-state index contributed by atoms with van der Waals surface area (Å²) in [6, 6.07) is 8.85. The van der Waals surface area contributed by atoms with Crippen LogP contribution in [0.1, 0.15) is 16.1 Å². The van der Waals surface area contributed by atoms with Crippen LogP contribution in [0, 0.1) is 0 Å². The fourth-order valence-electron chi connectivity index (χ4n) is 3.09. The molecule has 1 aromatic heterocycles. The molecular weight excluding hydrogens is 360 g/mol. The molecule has 3 rings (SSSR count). The Morgan fingerprint density at radius 2 is 1.88 bits per heavy atom. The van der Waals surface area contributed by atoms with Crippen LogP contribution >= 0.6 is 11.6 Å². The smallest absolute Gasteiger partial charge is 0.323 e. The van der Waals surface area contributed by atoms with Crippen LogP contribution in [0.3, 0.4) is 0 Å². The number of aliphatic carboxylic acids is 1. The monoisotopic (exact) mass is 376 g/mol. The molecule has 0 bridgehead atoms. The number of aromatic nitrogens is 1. The topological polar surface area (TPSA) is 118 Å². The van der Waals surface area contributed by atoms with E-state index in [1.54, 1.807) is 0 Å². The number of nitrogens with one attached hydrogen (secondary N) is 1. The Kier molecular flexibility index (Phi) is 4.85. The van der Waals surface area contributed by atoms with Gasteiger partial charge in [0.15, 0.2) is 0 Å². The SMILES string of the molecule is NC(=O)c1c(Cl)c(-c2ccccc2)n2c1CN(C(=O)NCC(=O)O)CC2. The highest BCUT2D eigenvalue weighted by atomic mass is 35.5. The Hall–Kier alpha value is -3.00. The lowest BCUT2D eigenvalue weighted by atomic mass is 10.1. The van der Waals surface area contributed by atoms with E-state index in [0.29, 0.717) is 24.5 Å². The Balaban J connectivity index is 1.98. The van der Waals surface area contributed by atoms with Crippen molar-refractivity contribution in [2.75, 3.05) is 13.1 Å². The van der Waals surface area contributed by atoms with Gasteiger partial charge in [0.1, 0.15) is 6.54 Å². The van der Waals surface area contributed by atoms with E-state index < -0.39 is 24.5 Å². The number of rotatable bonds is 4. The van der Waals surface area contributed by atoms with Crippen molar-refractivity contribution >= 4 is 29.5 Å². The molecule has 0 radical (unpaired) electrons. The van der Waals surface area contributed by atoms with Crippen molar-refractivity contribution in [2.24, 2.45) is 5.73 Å². The summed E-state index contributed by atoms with van der Waals surface area (Å²) in [4.78, 5) is 36.1. The quantitative estimate of drug-likeness (QED) is 0.749. The summed E-state index contributed by atoms with van der Waals surface area (Å²) in [6.07, 6.45) is 0. The van der Waals surface area contributed by atoms with Gasteiger partial charge in [-0.15, -0.1) is 0 Å². The number of halogens is 1. The van der Waals surface area contributed by atoms with Crippen molar-refractivity contribution in [3.05, 3.63) is 46.6 Å². The first-order valence-electron chi connectivity index (χ1n) is 7.90. The van der Waals surface area contributed by atoms with E-state index in [1.807, 2.05) is 34.9 Å². The van der Waals surface area contributed by atoms with Crippen LogP contribution in [0.25, 0.3) is 11.3 Å². The third-order valence-electron chi connectivity index (χ3n) is 4.22. The molecule has 8 nitrogen and oxygen atoms in total. The van der Waals surface area contributed by atoms with Crippen molar-refractivity contribution in [1.82, 2.24) is 14.8 Å². The fraction of sp³-hybridized carbons (Fsp3) is 0.235. The van der Waals surface area contributed by atoms with E-state index in [2.05, 4.69) is 5.32 Å². The van der Waals surface area contributed by atoms with E-state index in [1.165, 1.54) is 4.90 Å². The molecule has 0 saturated heterocycles. The summed E-state index contributed by atoms with van der Waals surface area (Å²) in [5, 5.41) is 11.3. The van der Waals surface area contributed by atoms with Crippen LogP contribution in [-0.2, 0) is 17.9 Å². The maximum absolute atomic E-state index is 12.1. The average Bonchev–Trinajstić information content (AvgIpc) is 2.91. The fourth-order valence-corrected chi connectivity index (χ4v) is 3.50. The number of primary amides is 1. The van der Waals surface area contributed by atoms with Crippen LogP contribution < -0.4 is 11.1 Å². The van der Waals surface area contributed by atoms with E-state index in [0.717, 1.165) is 5.56 Å². The zero-order valence-corrected chi connectivity index (χ0v) is 14.5. The molecule has 1 aromatic carbocycles. The van der Waals surface area contributed by atoms with Crippen molar-refractivity contribution in [1.29, 1.82) is 0 Å². The number of fused-ring (bicyclic) bond motifs is 1. The first-order valence-corrected chi connectivity index (χ1v) is 8.28. The minimum absolute atomic E-state index is 0.107. The third-order valence-corrected chi connectivity index (χ3v) is 4.59. The number of hydrogen-bond donors (Lipinski definition) is 3. The van der Waals surface area contributed by atoms with E-state index in [9.17, 15) is 14.4 Å². The molecule has 2 heterocycles. The largest absolute Gasteiger partial charge is 0.480 e. The lowest BCUT2D eigenvalue weighted by molar-refractivity contribution is -0.135. The summed E-state index contributed by atoms with van der Waals surface area (Å²) in [6.45, 7) is 0.389. The number of carbonyl (C=O) groups excluding carboxylic acids is 2. The zero-order chi connectivity index (χ0) is 18.8. The molecule has 0 saturated carbocycles. The van der Waals surface area contributed by atoms with E-state index in [-0.39, 0.29) is 17.1 Å². The van der Waals surface area contributed by atoms with Crippen LogP contribution in [0.5, 0.6) is 0 Å². The van der Waals surface area contributed by atoms with Gasteiger partial charge in [0, 0.05) is 13.1 Å². The molecule has 1 aliphatic heterocycles. The lowest BCUT2D eigenvalue weighted by Gasteiger charge is -2.30. The standard InChI is InChI=1S/C17H17ClN4O4/c18-14-13(16(19)25)11-9-21(17(26)20-8-12(23)24)6-7-22(11)15(14)10-4-2-1-3-5-10/h1-5H,6-9H2,(H2,19,25)(H,20,26)(H,23,24). The van der Waals surface area contributed by atoms with Gasteiger partial charge in [0.25, 0.3) is 5.91 Å². The summed E-state index contributed by atoms with van der Waals surface area (Å²) >= 11 is 6.46. The van der Waals surface area contributed by atoms with Crippen LogP contribution in [0.15, 0.2) is 30.3 Å². The van der Waals surface area contributed by atoms with Gasteiger partial charge in [-0.05, 0) is 5.56 Å². The molecule has 0 aliphatic carbocycles. The summed E-state index contributed by atoms with van der Waals surface area (Å²) in [5.41, 5.74) is 7.76. The zero-order valence-electron chi connectivity index (χ0n) is 13.7. The van der Waals surface area contributed by atoms with Gasteiger partial charge >= 0.3 is 12.0 Å². The number of nitrogens with two attached hydrogens (primary N) is 1. The Bertz CT molecular complexity index is 879. The predicted octanol–water partition coefficient (Wildman–Crippen LogP) is 1.52. The van der Waals surface area contributed by atoms with Gasteiger partial charge in [-0.25, -0.2) is 4.79 Å². The molecule has 2 aromatic rings. The molecule has 136 valence electrons. The second-order valence-electron chi connectivity index (χ2n) is 5.84. The van der Waals surface area contributed by atoms with Crippen molar-refractivity contribution in [3.63, 3.8) is 0 Å². The Morgan fingerprint density at radius 3 is 2.50 bits per heavy atom. The number of amides is 3. The molecule has 9 heteroatoms. The first-order chi connectivity index (χ1) is 12.4. The number of hydrogen-bond acceptors (Lipinski definition) is 3. The second-order valence-corrected chi connectivity index (χ2v) is 6.22. The molecular formula is C17H17ClN4O4. The molecule has 0 spiro atoms. The van der Waals surface area contributed by atoms with Gasteiger partial charge in [-0.2, -0.15) is 0 Å². The minimum atomic E-state index is -1.13. The second kappa shape index (κ2) is 7.09. The maximum atomic E-state index is 12.1. The Labute approximate surface area is 154 Å². The Morgan fingerprint density at radius 1 is 1.19 bits per heavy atom. The molecule has 1 aliphatic rings. The van der Waals surface area contributed by atoms with Crippen molar-refractivity contribution < 1.29 is 19.5 Å². The maximum Gasteiger partial charge on any atom is 0.323 e. The number of urea groups is 1. The van der Waals surface area contributed by atoms with Gasteiger partial charge in [-0.3, -0.25) is 9.59 Å². The molecule has 0 fully saturated rings. The van der Waals surface area contributed by atoms with Gasteiger partial charge in [0.05, 0.1) is 28.5 Å². The minimum Gasteiger partial charge on any atom is -0.480 e. The first kappa shape index (κ1) is 17.8. The molecule has 0 atom stereocenters. The summed E-state index contributed by atoms with van der Waals surface area (Å²) < 4.78 is 1.89. The predicted molar refractivity (Wildman–Crippen MR) is 94.8 cm³/mol. The van der Waals surface area contributed by atoms with E-state index >= 15 is 0 Å². The number of nitrogens with zero attached hydrogens (tertiary/aromatic N) is 2. The highest BCUT2D eigenvalue weighted by Gasteiger charge is 2.31. The van der Waals surface area contributed by atoms with Crippen molar-refractivity contribution in [2.45, 2.75) is 13.1 Å². The lowest BCUT2D eigenvalue weighted by Crippen LogP contribution is -2.45. The van der Waals surface area contributed by atoms with Crippen LogP contribution in [0.2, 0.25) is 5.02 Å². The average molecular weight is 377 g/mol. The molecule has 3 amide bonds. The normalized spacial score (nSPS) is 13.2. The summed E-state index contributed by atoms with van der Waals surface area (Å²) in [7, 11) is 0. The van der Waals surface area contributed by atoms with Crippen LogP contribution in [-0.4, -0.2) is 45.6 Å². The van der Waals surface area contributed by atoms with E-state index in [4.69, 9.17) is 22.4 Å². The van der Waals surface area contributed by atoms with Crippen molar-refractivity contribution in [3.8, 4) is 11.3 Å². The number of carboxylic acid groups (broad SMARTS) is 1. The van der Waals surface area contributed by atoms with Crippen LogP contribution in [0.4, 0.5) is 4.79 Å². The molecule has 0 unspecified atom stereocenters. The highest BCUT2D eigenvalue weighted by Crippen LogP contribution is 2.37. The van der Waals surface area contributed by atoms with Gasteiger partial charge in [0.2, 0.25) is 0 Å². The summed E-state index contributed by atoms with van der Waals surface area (Å²) in [5.74, 6) is -1.81. The highest BCUT2D eigenvalue weighted by molar-refractivity contribution is 6.36. The third kappa shape index (κ3) is 3.23. The number of benzene rings is 1. The number of carbonyl (C=O) groups is 3. The molecule has 26 heavy (non-hydrogen) atoms. The molecule has 4 N–H and O–H groups in total. The number of carboxylic acids is 1.